The van der Waals surface area contributed by atoms with Gasteiger partial charge in [0.2, 0.25) is 0 Å². The molecule has 5 nitrogen and oxygen atoms in total. The molecule has 1 atom stereocenters. The highest BCUT2D eigenvalue weighted by atomic mass is 32.1. The van der Waals surface area contributed by atoms with E-state index in [1.165, 1.54) is 35.6 Å². The molecular weight excluding hydrogens is 309 g/mol. The Morgan fingerprint density at radius 3 is 2.59 bits per heavy atom. The molecule has 2 rings (SSSR count). The second-order valence-corrected chi connectivity index (χ2v) is 5.46. The third-order valence-electron chi connectivity index (χ3n) is 2.78. The molecule has 1 aromatic carbocycles. The van der Waals surface area contributed by atoms with Crippen molar-refractivity contribution < 1.29 is 23.8 Å². The van der Waals surface area contributed by atoms with Crippen LogP contribution in [0.4, 0.5) is 4.39 Å². The van der Waals surface area contributed by atoms with Gasteiger partial charge in [-0.2, -0.15) is 0 Å². The van der Waals surface area contributed by atoms with E-state index < -0.39 is 23.7 Å². The molecule has 0 saturated carbocycles. The summed E-state index contributed by atoms with van der Waals surface area (Å²) in [5, 5.41) is 13.4. The van der Waals surface area contributed by atoms with Gasteiger partial charge in [0.15, 0.2) is 6.61 Å². The smallest absolute Gasteiger partial charge is 0.305 e. The number of carbonyl (C=O) groups excluding carboxylic acids is 1. The number of nitrogens with one attached hydrogen (secondary N) is 1. The first-order chi connectivity index (χ1) is 10.5. The second kappa shape index (κ2) is 7.56. The van der Waals surface area contributed by atoms with Gasteiger partial charge in [-0.05, 0) is 35.7 Å². The summed E-state index contributed by atoms with van der Waals surface area (Å²) >= 11 is 1.37. The predicted molar refractivity (Wildman–Crippen MR) is 79.4 cm³/mol. The summed E-state index contributed by atoms with van der Waals surface area (Å²) in [4.78, 5) is 23.5. The number of halogens is 1. The average molecular weight is 323 g/mol. The van der Waals surface area contributed by atoms with Crippen molar-refractivity contribution in [1.29, 1.82) is 0 Å². The standard InChI is InChI=1S/C15H14FNO4S/c16-10-3-5-11(6-4-10)21-9-14(18)17-12(8-15(19)20)13-2-1-7-22-13/h1-7,12H,8-9H2,(H,17,18)(H,19,20)/t12-/m0/s1. The molecule has 0 unspecified atom stereocenters. The van der Waals surface area contributed by atoms with Gasteiger partial charge in [0.25, 0.3) is 5.91 Å². The van der Waals surface area contributed by atoms with Crippen molar-refractivity contribution >= 4 is 23.2 Å². The van der Waals surface area contributed by atoms with Gasteiger partial charge in [-0.25, -0.2) is 4.39 Å². The first-order valence-electron chi connectivity index (χ1n) is 6.47. The monoisotopic (exact) mass is 323 g/mol. The van der Waals surface area contributed by atoms with Crippen LogP contribution < -0.4 is 10.1 Å². The zero-order valence-corrected chi connectivity index (χ0v) is 12.3. The van der Waals surface area contributed by atoms with Gasteiger partial charge in [-0.3, -0.25) is 9.59 Å². The fraction of sp³-hybridized carbons (Fsp3) is 0.200. The summed E-state index contributed by atoms with van der Waals surface area (Å²) in [6, 6.07) is 8.24. The number of hydrogen-bond acceptors (Lipinski definition) is 4. The number of rotatable bonds is 7. The van der Waals surface area contributed by atoms with Gasteiger partial charge in [0, 0.05) is 4.88 Å². The molecule has 0 fully saturated rings. The number of amides is 1. The van der Waals surface area contributed by atoms with Crippen LogP contribution in [0.5, 0.6) is 5.75 Å². The first-order valence-corrected chi connectivity index (χ1v) is 7.35. The van der Waals surface area contributed by atoms with Gasteiger partial charge >= 0.3 is 5.97 Å². The van der Waals surface area contributed by atoms with Crippen molar-refractivity contribution in [2.45, 2.75) is 12.5 Å². The molecule has 0 spiro atoms. The molecule has 0 aliphatic carbocycles. The number of benzene rings is 1. The summed E-state index contributed by atoms with van der Waals surface area (Å²) in [7, 11) is 0. The van der Waals surface area contributed by atoms with Crippen molar-refractivity contribution in [3.63, 3.8) is 0 Å². The molecular formula is C15H14FNO4S. The fourth-order valence-corrected chi connectivity index (χ4v) is 2.58. The van der Waals surface area contributed by atoms with Gasteiger partial charge in [0.05, 0.1) is 12.5 Å². The number of carboxylic acid groups (broad SMARTS) is 1. The SMILES string of the molecule is O=C(O)C[C@H](NC(=O)COc1ccc(F)cc1)c1cccs1. The van der Waals surface area contributed by atoms with E-state index in [0.717, 1.165) is 4.88 Å². The maximum absolute atomic E-state index is 12.7. The molecule has 1 amide bonds. The highest BCUT2D eigenvalue weighted by Gasteiger charge is 2.19. The highest BCUT2D eigenvalue weighted by Crippen LogP contribution is 2.22. The maximum atomic E-state index is 12.7. The number of carboxylic acids is 1. The lowest BCUT2D eigenvalue weighted by Gasteiger charge is -2.15. The minimum atomic E-state index is -1.00. The average Bonchev–Trinajstić information content (AvgIpc) is 3.00. The Kier molecular flexibility index (Phi) is 5.48. The molecule has 0 saturated heterocycles. The molecule has 2 aromatic rings. The van der Waals surface area contributed by atoms with Crippen LogP contribution in [0.3, 0.4) is 0 Å². The van der Waals surface area contributed by atoms with Crippen LogP contribution in [0.15, 0.2) is 41.8 Å². The summed E-state index contributed by atoms with van der Waals surface area (Å²) < 4.78 is 18.0. The molecule has 1 aromatic heterocycles. The zero-order chi connectivity index (χ0) is 15.9. The lowest BCUT2D eigenvalue weighted by atomic mass is 10.1. The molecule has 2 N–H and O–H groups in total. The Morgan fingerprint density at radius 2 is 2.00 bits per heavy atom. The Morgan fingerprint density at radius 1 is 1.27 bits per heavy atom. The van der Waals surface area contributed by atoms with Gasteiger partial charge < -0.3 is 15.2 Å². The fourth-order valence-electron chi connectivity index (χ4n) is 1.80. The van der Waals surface area contributed by atoms with E-state index in [9.17, 15) is 14.0 Å². The lowest BCUT2D eigenvalue weighted by Crippen LogP contribution is -2.33. The van der Waals surface area contributed by atoms with E-state index in [1.54, 1.807) is 12.1 Å². The zero-order valence-electron chi connectivity index (χ0n) is 11.5. The van der Waals surface area contributed by atoms with Crippen molar-refractivity contribution in [2.24, 2.45) is 0 Å². The summed E-state index contributed by atoms with van der Waals surface area (Å²) in [5.74, 6) is -1.47. The van der Waals surface area contributed by atoms with Crippen molar-refractivity contribution in [3.05, 3.63) is 52.5 Å². The minimum Gasteiger partial charge on any atom is -0.484 e. The third kappa shape index (κ3) is 4.85. The highest BCUT2D eigenvalue weighted by molar-refractivity contribution is 7.10. The topological polar surface area (TPSA) is 75.6 Å². The normalized spacial score (nSPS) is 11.7. The molecule has 116 valence electrons. The van der Waals surface area contributed by atoms with E-state index in [-0.39, 0.29) is 13.0 Å². The van der Waals surface area contributed by atoms with E-state index in [4.69, 9.17) is 9.84 Å². The van der Waals surface area contributed by atoms with E-state index in [2.05, 4.69) is 5.32 Å². The Hall–Kier alpha value is -2.41. The molecule has 7 heteroatoms. The van der Waals surface area contributed by atoms with Gasteiger partial charge in [0.1, 0.15) is 11.6 Å². The van der Waals surface area contributed by atoms with Crippen molar-refractivity contribution in [1.82, 2.24) is 5.32 Å². The second-order valence-electron chi connectivity index (χ2n) is 4.48. The molecule has 0 aliphatic rings. The molecule has 0 radical (unpaired) electrons. The number of hydrogen-bond donors (Lipinski definition) is 2. The minimum absolute atomic E-state index is 0.206. The number of aliphatic carboxylic acids is 1. The van der Waals surface area contributed by atoms with Crippen LogP contribution in [-0.2, 0) is 9.59 Å². The van der Waals surface area contributed by atoms with Crippen LogP contribution in [0, 0.1) is 5.82 Å². The summed E-state index contributed by atoms with van der Waals surface area (Å²) in [5.41, 5.74) is 0. The summed E-state index contributed by atoms with van der Waals surface area (Å²) in [6.07, 6.45) is -0.206. The largest absolute Gasteiger partial charge is 0.484 e. The number of carbonyl (C=O) groups is 2. The van der Waals surface area contributed by atoms with Crippen LogP contribution >= 0.6 is 11.3 Å². The number of thiophene rings is 1. The van der Waals surface area contributed by atoms with E-state index in [1.807, 2.05) is 5.38 Å². The molecule has 22 heavy (non-hydrogen) atoms. The molecule has 1 heterocycles. The Labute approximate surface area is 130 Å². The first kappa shape index (κ1) is 16.0. The van der Waals surface area contributed by atoms with Crippen molar-refractivity contribution in [3.8, 4) is 5.75 Å². The quantitative estimate of drug-likeness (QED) is 0.821. The summed E-state index contributed by atoms with van der Waals surface area (Å²) in [6.45, 7) is -0.271. The van der Waals surface area contributed by atoms with Gasteiger partial charge in [-0.15, -0.1) is 11.3 Å². The van der Waals surface area contributed by atoms with E-state index >= 15 is 0 Å². The lowest BCUT2D eigenvalue weighted by molar-refractivity contribution is -0.137. The maximum Gasteiger partial charge on any atom is 0.305 e. The number of ether oxygens (including phenoxy) is 1. The van der Waals surface area contributed by atoms with Crippen LogP contribution in [-0.4, -0.2) is 23.6 Å². The van der Waals surface area contributed by atoms with Gasteiger partial charge in [-0.1, -0.05) is 6.07 Å². The van der Waals surface area contributed by atoms with Crippen molar-refractivity contribution in [2.75, 3.05) is 6.61 Å². The van der Waals surface area contributed by atoms with E-state index in [0.29, 0.717) is 5.75 Å². The molecule has 0 aliphatic heterocycles. The predicted octanol–water partition coefficient (Wildman–Crippen LogP) is 2.60. The van der Waals surface area contributed by atoms with Crippen LogP contribution in [0.25, 0.3) is 0 Å². The molecule has 0 bridgehead atoms. The Balaban J connectivity index is 1.90. The Bertz CT molecular complexity index is 628. The third-order valence-corrected chi connectivity index (χ3v) is 3.77. The van der Waals surface area contributed by atoms with Crippen LogP contribution in [0.2, 0.25) is 0 Å². The van der Waals surface area contributed by atoms with Crippen LogP contribution in [0.1, 0.15) is 17.3 Å².